The average Bonchev–Trinajstić information content (AvgIpc) is 2.54. The molecule has 0 saturated heterocycles. The molecule has 2 rings (SSSR count). The summed E-state index contributed by atoms with van der Waals surface area (Å²) in [5, 5.41) is 0. The molecule has 0 fully saturated rings. The predicted octanol–water partition coefficient (Wildman–Crippen LogP) is 2.89. The van der Waals surface area contributed by atoms with Gasteiger partial charge in [-0.3, -0.25) is 4.79 Å². The number of H-pyrrole nitrogens is 1. The van der Waals surface area contributed by atoms with Gasteiger partial charge in [-0.2, -0.15) is 0 Å². The van der Waals surface area contributed by atoms with E-state index in [-0.39, 0.29) is 5.56 Å². The number of nitrogens with one attached hydrogen (secondary N) is 1. The van der Waals surface area contributed by atoms with Gasteiger partial charge in [-0.05, 0) is 18.3 Å². The lowest BCUT2D eigenvalue weighted by Gasteiger charge is -2.07. The molecule has 1 atom stereocenters. The maximum absolute atomic E-state index is 10.7. The highest BCUT2D eigenvalue weighted by molar-refractivity contribution is 5.16. The van der Waals surface area contributed by atoms with Gasteiger partial charge in [0.25, 0.3) is 5.56 Å². The lowest BCUT2D eigenvalue weighted by Crippen LogP contribution is -2.07. The van der Waals surface area contributed by atoms with Gasteiger partial charge in [-0.15, -0.1) is 0 Å². The Morgan fingerprint density at radius 2 is 1.86 bits per heavy atom. The molecule has 0 aliphatic carbocycles. The Balaban J connectivity index is 0.000000224. The van der Waals surface area contributed by atoms with E-state index in [0.717, 1.165) is 17.8 Å². The van der Waals surface area contributed by atoms with Crippen LogP contribution in [0.25, 0.3) is 0 Å². The van der Waals surface area contributed by atoms with Crippen LogP contribution in [-0.4, -0.2) is 27.0 Å². The van der Waals surface area contributed by atoms with Crippen molar-refractivity contribution in [3.63, 3.8) is 0 Å². The Labute approximate surface area is 131 Å². The molecule has 0 aromatic carbocycles. The zero-order valence-corrected chi connectivity index (χ0v) is 13.8. The smallest absolute Gasteiger partial charge is 0.250 e. The molecule has 0 amide bonds. The van der Waals surface area contributed by atoms with Crippen LogP contribution >= 0.6 is 0 Å². The van der Waals surface area contributed by atoms with Crippen molar-refractivity contribution in [3.8, 4) is 5.88 Å². The summed E-state index contributed by atoms with van der Waals surface area (Å²) in [6.07, 6.45) is 4.05. The van der Waals surface area contributed by atoms with Crippen molar-refractivity contribution in [1.29, 1.82) is 0 Å². The molecule has 0 spiro atoms. The zero-order valence-electron chi connectivity index (χ0n) is 13.8. The van der Waals surface area contributed by atoms with Gasteiger partial charge in [0.1, 0.15) is 6.33 Å². The summed E-state index contributed by atoms with van der Waals surface area (Å²) in [4.78, 5) is 25.3. The summed E-state index contributed by atoms with van der Waals surface area (Å²) >= 11 is 0. The molecule has 1 unspecified atom stereocenters. The largest absolute Gasteiger partial charge is 0.481 e. The van der Waals surface area contributed by atoms with E-state index in [4.69, 9.17) is 4.74 Å². The maximum atomic E-state index is 10.7. The maximum Gasteiger partial charge on any atom is 0.250 e. The number of ether oxygens (including phenoxy) is 1. The fourth-order valence-corrected chi connectivity index (χ4v) is 1.64. The second kappa shape index (κ2) is 8.92. The van der Waals surface area contributed by atoms with Crippen LogP contribution in [-0.2, 0) is 0 Å². The molecular weight excluding hydrogens is 280 g/mol. The Kier molecular flexibility index (Phi) is 7.22. The van der Waals surface area contributed by atoms with Gasteiger partial charge in [0.15, 0.2) is 0 Å². The zero-order chi connectivity index (χ0) is 16.5. The summed E-state index contributed by atoms with van der Waals surface area (Å²) in [6, 6.07) is 3.40. The number of methoxy groups -OCH3 is 1. The van der Waals surface area contributed by atoms with Crippen molar-refractivity contribution >= 4 is 0 Å². The topological polar surface area (TPSA) is 80.8 Å². The van der Waals surface area contributed by atoms with E-state index in [2.05, 4.69) is 33.8 Å². The van der Waals surface area contributed by atoms with Crippen LogP contribution in [0.15, 0.2) is 29.6 Å². The Hall–Kier alpha value is -2.24. The molecule has 6 heteroatoms. The third kappa shape index (κ3) is 5.63. The first-order chi connectivity index (χ1) is 10.5. The van der Waals surface area contributed by atoms with Gasteiger partial charge in [0.2, 0.25) is 5.88 Å². The van der Waals surface area contributed by atoms with Crippen molar-refractivity contribution < 1.29 is 4.74 Å². The SMILES string of the molecule is CC(C)c1cc(=O)[nH]cn1.CCC(C)c1cc(OC)ncn1. The molecule has 6 nitrogen and oxygen atoms in total. The van der Waals surface area contributed by atoms with E-state index in [9.17, 15) is 4.79 Å². The molecule has 22 heavy (non-hydrogen) atoms. The van der Waals surface area contributed by atoms with Crippen LogP contribution in [0.5, 0.6) is 5.88 Å². The Bertz CT molecular complexity index is 625. The minimum absolute atomic E-state index is 0.0845. The molecule has 0 bridgehead atoms. The highest BCUT2D eigenvalue weighted by Gasteiger charge is 2.05. The van der Waals surface area contributed by atoms with E-state index in [1.807, 2.05) is 19.9 Å². The van der Waals surface area contributed by atoms with Crippen LogP contribution in [0.4, 0.5) is 0 Å². The van der Waals surface area contributed by atoms with Gasteiger partial charge in [0, 0.05) is 12.1 Å². The summed E-state index contributed by atoms with van der Waals surface area (Å²) < 4.78 is 5.00. The van der Waals surface area contributed by atoms with Gasteiger partial charge in [0.05, 0.1) is 24.8 Å². The van der Waals surface area contributed by atoms with E-state index >= 15 is 0 Å². The molecule has 2 heterocycles. The monoisotopic (exact) mass is 304 g/mol. The highest BCUT2D eigenvalue weighted by atomic mass is 16.5. The van der Waals surface area contributed by atoms with Gasteiger partial charge < -0.3 is 9.72 Å². The number of nitrogens with zero attached hydrogens (tertiary/aromatic N) is 3. The minimum atomic E-state index is -0.0845. The van der Waals surface area contributed by atoms with Crippen LogP contribution in [0, 0.1) is 0 Å². The summed E-state index contributed by atoms with van der Waals surface area (Å²) in [5.41, 5.74) is 1.80. The van der Waals surface area contributed by atoms with E-state index < -0.39 is 0 Å². The standard InChI is InChI=1S/C9H14N2O.C7H10N2O/c1-4-7(2)8-5-9(12-3)11-6-10-8;1-5(2)6-3-7(10)9-4-8-6/h5-7H,4H2,1-3H3;3-5H,1-2H3,(H,8,9,10). The molecular formula is C16H24N4O2. The fraction of sp³-hybridized carbons (Fsp3) is 0.500. The average molecular weight is 304 g/mol. The van der Waals surface area contributed by atoms with Gasteiger partial charge in [-0.1, -0.05) is 27.7 Å². The fourth-order valence-electron chi connectivity index (χ4n) is 1.64. The first-order valence-corrected chi connectivity index (χ1v) is 7.38. The Morgan fingerprint density at radius 3 is 2.36 bits per heavy atom. The lowest BCUT2D eigenvalue weighted by molar-refractivity contribution is 0.395. The third-order valence-electron chi connectivity index (χ3n) is 3.28. The highest BCUT2D eigenvalue weighted by Crippen LogP contribution is 2.18. The first kappa shape index (κ1) is 17.8. The van der Waals surface area contributed by atoms with Crippen molar-refractivity contribution in [3.05, 3.63) is 46.5 Å². The number of hydrogen-bond donors (Lipinski definition) is 1. The predicted molar refractivity (Wildman–Crippen MR) is 86.2 cm³/mol. The molecule has 2 aromatic rings. The number of aromatic nitrogens is 4. The van der Waals surface area contributed by atoms with Crippen molar-refractivity contribution in [2.24, 2.45) is 0 Å². The molecule has 0 radical (unpaired) electrons. The van der Waals surface area contributed by atoms with E-state index in [1.54, 1.807) is 13.4 Å². The molecule has 2 aromatic heterocycles. The Morgan fingerprint density at radius 1 is 1.14 bits per heavy atom. The minimum Gasteiger partial charge on any atom is -0.481 e. The lowest BCUT2D eigenvalue weighted by atomic mass is 10.1. The van der Waals surface area contributed by atoms with Crippen LogP contribution in [0.3, 0.4) is 0 Å². The third-order valence-corrected chi connectivity index (χ3v) is 3.28. The number of aromatic amines is 1. The quantitative estimate of drug-likeness (QED) is 0.939. The van der Waals surface area contributed by atoms with Crippen molar-refractivity contribution in [2.75, 3.05) is 7.11 Å². The second-order valence-electron chi connectivity index (χ2n) is 5.29. The number of rotatable bonds is 4. The summed E-state index contributed by atoms with van der Waals surface area (Å²) in [6.45, 7) is 8.28. The normalized spacial score (nSPS) is 11.5. The van der Waals surface area contributed by atoms with E-state index in [1.165, 1.54) is 12.4 Å². The molecule has 0 saturated carbocycles. The van der Waals surface area contributed by atoms with Crippen LogP contribution in [0.2, 0.25) is 0 Å². The van der Waals surface area contributed by atoms with Crippen molar-refractivity contribution in [1.82, 2.24) is 19.9 Å². The van der Waals surface area contributed by atoms with Gasteiger partial charge >= 0.3 is 0 Å². The first-order valence-electron chi connectivity index (χ1n) is 7.38. The van der Waals surface area contributed by atoms with Crippen LogP contribution in [0.1, 0.15) is 57.3 Å². The molecule has 120 valence electrons. The summed E-state index contributed by atoms with van der Waals surface area (Å²) in [5.74, 6) is 1.43. The van der Waals surface area contributed by atoms with E-state index in [0.29, 0.717) is 17.7 Å². The van der Waals surface area contributed by atoms with Gasteiger partial charge in [-0.25, -0.2) is 15.0 Å². The molecule has 0 aliphatic heterocycles. The summed E-state index contributed by atoms with van der Waals surface area (Å²) in [7, 11) is 1.61. The van der Waals surface area contributed by atoms with Crippen molar-refractivity contribution in [2.45, 2.75) is 46.0 Å². The molecule has 0 aliphatic rings. The van der Waals surface area contributed by atoms with Crippen LogP contribution < -0.4 is 10.3 Å². The molecule has 1 N–H and O–H groups in total. The number of hydrogen-bond acceptors (Lipinski definition) is 5. The second-order valence-corrected chi connectivity index (χ2v) is 5.29.